The summed E-state index contributed by atoms with van der Waals surface area (Å²) in [6.07, 6.45) is 3.56. The fraction of sp³-hybridized carbons (Fsp3) is 0.500. The van der Waals surface area contributed by atoms with Crippen molar-refractivity contribution in [2.45, 2.75) is 71.3 Å². The van der Waals surface area contributed by atoms with Crippen LogP contribution in [-0.4, -0.2) is 20.3 Å². The number of halogens is 1. The first-order chi connectivity index (χ1) is 12.6. The number of hydrogen-bond donors (Lipinski definition) is 0. The van der Waals surface area contributed by atoms with Crippen molar-refractivity contribution in [3.8, 4) is 0 Å². The second kappa shape index (κ2) is 10.2. The molecule has 2 rings (SSSR count). The minimum atomic E-state index is -0.898. The second-order valence-corrected chi connectivity index (χ2v) is 18.1. The largest absolute Gasteiger partial charge is 0.376 e. The Kier molecular flexibility index (Phi) is 8.57. The predicted molar refractivity (Wildman–Crippen MR) is 116 cm³/mol. The van der Waals surface area contributed by atoms with Gasteiger partial charge in [0.05, 0.1) is 12.2 Å². The zero-order chi connectivity index (χ0) is 19.9. The highest BCUT2D eigenvalue weighted by atomic mass is 127. The van der Waals surface area contributed by atoms with Gasteiger partial charge in [0.25, 0.3) is 0 Å². The van der Waals surface area contributed by atoms with Crippen LogP contribution in [0, 0.1) is 7.14 Å². The highest BCUT2D eigenvalue weighted by molar-refractivity contribution is 6.76. The summed E-state index contributed by atoms with van der Waals surface area (Å²) in [7, 11) is -0.898. The summed E-state index contributed by atoms with van der Waals surface area (Å²) in [6.45, 7) is 14.5. The Morgan fingerprint density at radius 1 is 0.778 bits per heavy atom. The van der Waals surface area contributed by atoms with E-state index in [0.717, 1.165) is 13.0 Å². The standard InChI is InChI=1S/C24H36IOSi/c1-24(2,3)26-18-17-21-11-15-23(16-12-21)25-22-13-9-20(10-14-22)8-7-19-27(4,5)6/h9-16H,7-8,17-19H2,1-6H3/q+1. The van der Waals surface area contributed by atoms with Gasteiger partial charge in [-0.05, 0) is 69.0 Å². The third-order valence-electron chi connectivity index (χ3n) is 4.36. The number of hydrogen-bond acceptors (Lipinski definition) is 1. The lowest BCUT2D eigenvalue weighted by atomic mass is 10.1. The SMILES string of the molecule is CC(C)(C)OCCc1ccc([I+]c2ccc(CCC[Si](C)(C)C)cc2)cc1. The van der Waals surface area contributed by atoms with E-state index in [-0.39, 0.29) is 26.8 Å². The van der Waals surface area contributed by atoms with Crippen LogP contribution in [0.4, 0.5) is 0 Å². The van der Waals surface area contributed by atoms with Crippen LogP contribution in [0.2, 0.25) is 25.7 Å². The molecule has 2 aromatic rings. The van der Waals surface area contributed by atoms with Crippen molar-refractivity contribution in [3.05, 3.63) is 66.8 Å². The van der Waals surface area contributed by atoms with E-state index in [4.69, 9.17) is 4.74 Å². The van der Waals surface area contributed by atoms with Gasteiger partial charge in [-0.1, -0.05) is 56.4 Å². The van der Waals surface area contributed by atoms with E-state index < -0.39 is 8.07 Å². The van der Waals surface area contributed by atoms with Gasteiger partial charge in [-0.15, -0.1) is 0 Å². The highest BCUT2D eigenvalue weighted by Gasteiger charge is 2.16. The molecule has 3 heteroatoms. The van der Waals surface area contributed by atoms with Gasteiger partial charge in [-0.25, -0.2) is 0 Å². The van der Waals surface area contributed by atoms with Gasteiger partial charge in [0.1, 0.15) is 0 Å². The molecule has 0 unspecified atom stereocenters. The van der Waals surface area contributed by atoms with Crippen LogP contribution in [0.5, 0.6) is 0 Å². The minimum absolute atomic E-state index is 0.0493. The second-order valence-electron chi connectivity index (χ2n) is 9.47. The molecular weight excluding hydrogens is 459 g/mol. The van der Waals surface area contributed by atoms with Gasteiger partial charge >= 0.3 is 21.2 Å². The summed E-state index contributed by atoms with van der Waals surface area (Å²) in [5.74, 6) is 0. The van der Waals surface area contributed by atoms with Gasteiger partial charge < -0.3 is 4.74 Å². The molecule has 1 nitrogen and oxygen atoms in total. The van der Waals surface area contributed by atoms with Gasteiger partial charge in [0.15, 0.2) is 7.14 Å². The van der Waals surface area contributed by atoms with Crippen molar-refractivity contribution in [2.75, 3.05) is 6.61 Å². The fourth-order valence-electron chi connectivity index (χ4n) is 2.85. The van der Waals surface area contributed by atoms with Gasteiger partial charge in [0.2, 0.25) is 0 Å². The summed E-state index contributed by atoms with van der Waals surface area (Å²) >= 11 is -0.0863. The maximum atomic E-state index is 5.83. The van der Waals surface area contributed by atoms with Crippen LogP contribution in [0.25, 0.3) is 0 Å². The third-order valence-corrected chi connectivity index (χ3v) is 8.90. The Labute approximate surface area is 178 Å². The van der Waals surface area contributed by atoms with E-state index >= 15 is 0 Å². The Morgan fingerprint density at radius 3 is 1.70 bits per heavy atom. The lowest BCUT2D eigenvalue weighted by molar-refractivity contribution is -0.597. The lowest BCUT2D eigenvalue weighted by Gasteiger charge is -2.19. The van der Waals surface area contributed by atoms with Crippen molar-refractivity contribution in [1.29, 1.82) is 0 Å². The molecule has 0 atom stereocenters. The number of aryl methyl sites for hydroxylation is 1. The summed E-state index contributed by atoms with van der Waals surface area (Å²) in [5, 5.41) is 0. The predicted octanol–water partition coefficient (Wildman–Crippen LogP) is 3.44. The lowest BCUT2D eigenvalue weighted by Crippen LogP contribution is -3.61. The highest BCUT2D eigenvalue weighted by Crippen LogP contribution is 2.14. The van der Waals surface area contributed by atoms with E-state index in [1.54, 1.807) is 0 Å². The normalized spacial score (nSPS) is 12.4. The summed E-state index contributed by atoms with van der Waals surface area (Å²) in [5.41, 5.74) is 2.81. The van der Waals surface area contributed by atoms with Crippen LogP contribution >= 0.6 is 0 Å². The molecule has 0 N–H and O–H groups in total. The van der Waals surface area contributed by atoms with Crippen molar-refractivity contribution in [2.24, 2.45) is 0 Å². The Morgan fingerprint density at radius 2 is 1.26 bits per heavy atom. The van der Waals surface area contributed by atoms with Gasteiger partial charge in [-0.3, -0.25) is 0 Å². The molecule has 0 saturated carbocycles. The molecule has 0 heterocycles. The molecule has 0 bridgehead atoms. The average Bonchev–Trinajstić information content (AvgIpc) is 2.56. The first kappa shape index (κ1) is 22.6. The molecule has 0 saturated heterocycles. The summed E-state index contributed by atoms with van der Waals surface area (Å²) in [4.78, 5) is 0. The third kappa shape index (κ3) is 9.91. The van der Waals surface area contributed by atoms with E-state index in [1.165, 1.54) is 37.2 Å². The van der Waals surface area contributed by atoms with Crippen LogP contribution in [0.3, 0.4) is 0 Å². The summed E-state index contributed by atoms with van der Waals surface area (Å²) < 4.78 is 8.82. The molecule has 0 radical (unpaired) electrons. The zero-order valence-corrected chi connectivity index (χ0v) is 21.1. The van der Waals surface area contributed by atoms with E-state index in [2.05, 4.69) is 88.9 Å². The molecule has 0 aliphatic carbocycles. The molecule has 0 amide bonds. The van der Waals surface area contributed by atoms with Gasteiger partial charge in [-0.2, -0.15) is 0 Å². The smallest absolute Gasteiger partial charge is 0.357 e. The zero-order valence-electron chi connectivity index (χ0n) is 17.9. The minimum Gasteiger partial charge on any atom is -0.376 e. The van der Waals surface area contributed by atoms with E-state index in [1.807, 2.05) is 0 Å². The topological polar surface area (TPSA) is 9.23 Å². The summed E-state index contributed by atoms with van der Waals surface area (Å²) in [6, 6.07) is 20.0. The Hall–Kier alpha value is -0.653. The molecule has 0 fully saturated rings. The number of rotatable bonds is 9. The van der Waals surface area contributed by atoms with E-state index in [9.17, 15) is 0 Å². The van der Waals surface area contributed by atoms with Crippen LogP contribution in [-0.2, 0) is 17.6 Å². The average molecular weight is 496 g/mol. The molecule has 0 aliphatic heterocycles. The molecule has 0 aromatic heterocycles. The first-order valence-electron chi connectivity index (χ1n) is 10.1. The van der Waals surface area contributed by atoms with E-state index in [0.29, 0.717) is 0 Å². The Bertz CT molecular complexity index is 617. The molecular formula is C24H36IOSi+. The van der Waals surface area contributed by atoms with Crippen molar-refractivity contribution in [3.63, 3.8) is 0 Å². The molecule has 0 spiro atoms. The van der Waals surface area contributed by atoms with Crippen molar-refractivity contribution >= 4 is 8.07 Å². The molecule has 27 heavy (non-hydrogen) atoms. The Balaban J connectivity index is 1.81. The maximum Gasteiger partial charge on any atom is 0.357 e. The van der Waals surface area contributed by atoms with Crippen molar-refractivity contribution < 1.29 is 25.9 Å². The molecule has 148 valence electrons. The van der Waals surface area contributed by atoms with Crippen LogP contribution < -0.4 is 21.2 Å². The molecule has 0 aliphatic rings. The monoisotopic (exact) mass is 495 g/mol. The molecule has 2 aromatic carbocycles. The van der Waals surface area contributed by atoms with Gasteiger partial charge in [0, 0.05) is 8.07 Å². The first-order valence-corrected chi connectivity index (χ1v) is 15.9. The fourth-order valence-corrected chi connectivity index (χ4v) is 6.25. The quantitative estimate of drug-likeness (QED) is 0.383. The van der Waals surface area contributed by atoms with Crippen LogP contribution in [0.15, 0.2) is 48.5 Å². The number of ether oxygens (including phenoxy) is 1. The van der Waals surface area contributed by atoms with Crippen LogP contribution in [0.1, 0.15) is 38.3 Å². The van der Waals surface area contributed by atoms with Crippen molar-refractivity contribution in [1.82, 2.24) is 0 Å². The maximum absolute atomic E-state index is 5.83. The number of benzene rings is 2.